The Labute approximate surface area is 402 Å². The Morgan fingerprint density at radius 2 is 1.58 bits per heavy atom. The normalized spacial score (nSPS) is 21.9. The smallest absolute Gasteiger partial charge is 0.410 e. The molecule has 2 N–H and O–H groups in total. The number of amides is 1. The maximum absolute atomic E-state index is 14.3. The predicted octanol–water partition coefficient (Wildman–Crippen LogP) is 10.7. The second-order valence-electron chi connectivity index (χ2n) is 17.8. The molecule has 5 aromatic carbocycles. The van der Waals surface area contributed by atoms with Crippen LogP contribution in [0.1, 0.15) is 67.6 Å². The molecule has 0 unspecified atom stereocenters. The van der Waals surface area contributed by atoms with Crippen molar-refractivity contribution in [1.29, 1.82) is 0 Å². The van der Waals surface area contributed by atoms with E-state index in [1.54, 1.807) is 25.3 Å². The second kappa shape index (κ2) is 23.1. The molecule has 0 radical (unpaired) electrons. The third-order valence-electron chi connectivity index (χ3n) is 13.5. The minimum Gasteiger partial charge on any atom is -0.459 e. The van der Waals surface area contributed by atoms with Gasteiger partial charge in [0.2, 0.25) is 5.79 Å². The molecule has 362 valence electrons. The van der Waals surface area contributed by atoms with Gasteiger partial charge in [-0.25, -0.2) is 4.79 Å². The first-order valence-electron chi connectivity index (χ1n) is 23.8. The van der Waals surface area contributed by atoms with E-state index in [0.29, 0.717) is 48.0 Å². The van der Waals surface area contributed by atoms with Gasteiger partial charge in [0.1, 0.15) is 36.5 Å². The number of hydrogen-bond acceptors (Lipinski definition) is 12. The Bertz CT molecular complexity index is 2600. The minimum absolute atomic E-state index is 0.00526. The number of nitrogens with zero attached hydrogens (tertiary/aromatic N) is 3. The van der Waals surface area contributed by atoms with Crippen LogP contribution in [-0.2, 0) is 32.3 Å². The molecule has 1 aliphatic heterocycles. The molecule has 69 heavy (non-hydrogen) atoms. The van der Waals surface area contributed by atoms with Crippen molar-refractivity contribution < 1.29 is 48.5 Å². The van der Waals surface area contributed by atoms with Crippen molar-refractivity contribution in [3.05, 3.63) is 166 Å². The lowest BCUT2D eigenvalue weighted by atomic mass is 9.55. The third kappa shape index (κ3) is 11.3. The fourth-order valence-corrected chi connectivity index (χ4v) is 10.2. The number of nitro groups is 1. The Hall–Kier alpha value is -6.58. The van der Waals surface area contributed by atoms with Crippen molar-refractivity contribution in [1.82, 2.24) is 4.90 Å². The number of unbranched alkanes of at least 4 members (excludes halogenated alkanes) is 2. The minimum atomic E-state index is -1.49. The zero-order valence-corrected chi connectivity index (χ0v) is 39.0. The van der Waals surface area contributed by atoms with Crippen molar-refractivity contribution in [3.63, 3.8) is 0 Å². The average molecular weight is 940 g/mol. The first-order valence-corrected chi connectivity index (χ1v) is 23.8. The van der Waals surface area contributed by atoms with E-state index < -0.39 is 28.8 Å². The number of carbonyl (C=O) groups excluding carboxylic acids is 1. The van der Waals surface area contributed by atoms with Crippen LogP contribution in [0.5, 0.6) is 17.2 Å². The molecule has 6 atom stereocenters. The number of benzene rings is 5. The summed E-state index contributed by atoms with van der Waals surface area (Å²) in [5.74, 6) is -0.430. The number of carbonyl (C=O) groups is 1. The Morgan fingerprint density at radius 1 is 0.870 bits per heavy atom. The van der Waals surface area contributed by atoms with Gasteiger partial charge in [-0.15, -0.1) is 6.58 Å². The van der Waals surface area contributed by atoms with Crippen LogP contribution in [0.2, 0.25) is 0 Å². The number of fused-ring (bicyclic) bond motifs is 3. The van der Waals surface area contributed by atoms with Crippen LogP contribution < -0.4 is 9.47 Å². The van der Waals surface area contributed by atoms with Crippen molar-refractivity contribution in [2.75, 3.05) is 40.1 Å². The fourth-order valence-electron chi connectivity index (χ4n) is 10.2. The van der Waals surface area contributed by atoms with Gasteiger partial charge in [0, 0.05) is 50.3 Å². The van der Waals surface area contributed by atoms with Crippen molar-refractivity contribution >= 4 is 28.3 Å². The van der Waals surface area contributed by atoms with E-state index in [-0.39, 0.29) is 69.5 Å². The van der Waals surface area contributed by atoms with Crippen LogP contribution in [0.15, 0.2) is 145 Å². The predicted molar refractivity (Wildman–Crippen MR) is 262 cm³/mol. The highest BCUT2D eigenvalue weighted by Crippen LogP contribution is 2.62. The van der Waals surface area contributed by atoms with Crippen LogP contribution in [0.4, 0.5) is 10.5 Å². The van der Waals surface area contributed by atoms with Crippen LogP contribution in [0.25, 0.3) is 10.8 Å². The summed E-state index contributed by atoms with van der Waals surface area (Å²) in [6, 6.07) is 35.1. The SMILES string of the molecule is C=CCO[C@@]12Oc3ccc(Oc4ccc5ccccc5c4)cc3[C@H]3[C@H](CCCCO)[C@@H](CCCCO)C=C(C(=NOCc4ccc([N+](=O)[O-])cc4)C[C@@H]1N(C)C(=O)OCCOCc1ccccc1)[C@H]32. The van der Waals surface area contributed by atoms with Gasteiger partial charge in [-0.3, -0.25) is 10.1 Å². The van der Waals surface area contributed by atoms with Gasteiger partial charge in [0.25, 0.3) is 5.69 Å². The summed E-state index contributed by atoms with van der Waals surface area (Å²) in [6.45, 7) is 4.83. The maximum Gasteiger partial charge on any atom is 0.410 e. The number of rotatable bonds is 23. The summed E-state index contributed by atoms with van der Waals surface area (Å²) in [4.78, 5) is 32.9. The highest BCUT2D eigenvalue weighted by molar-refractivity contribution is 6.03. The zero-order chi connectivity index (χ0) is 48.2. The molecule has 2 aliphatic carbocycles. The molecular formula is C55H61N3O11. The topological polar surface area (TPSA) is 172 Å². The lowest BCUT2D eigenvalue weighted by molar-refractivity contribution is -0.384. The van der Waals surface area contributed by atoms with Gasteiger partial charge in [0.15, 0.2) is 0 Å². The average Bonchev–Trinajstić information content (AvgIpc) is 3.37. The molecule has 14 heteroatoms. The number of ether oxygens (including phenoxy) is 5. The highest BCUT2D eigenvalue weighted by atomic mass is 16.7. The van der Waals surface area contributed by atoms with Crippen LogP contribution in [-0.4, -0.2) is 83.8 Å². The lowest BCUT2D eigenvalue weighted by Crippen LogP contribution is -2.69. The standard InChI is InChI=1S/C55H61N3O11/c1-3-29-66-55-51(57(2)54(61)65-31-30-64-36-38-13-5-4-6-14-38)35-49(56-67-37-39-19-22-43(23-20-39)58(62)63)47-33-42(17-9-11-27-59)46(18-10-12-28-60)52(53(47)55)48-34-45(25-26-50(48)69-55)68-44-24-21-40-15-7-8-16-41(40)32-44/h3-8,13-16,19-26,32-34,42,46,51-53,59-60H,1,9-12,17-18,27-31,35-37H2,2H3/t42-,46+,51-,52+,53+,55+/m0/s1. The molecule has 1 saturated carbocycles. The number of aliphatic hydroxyl groups excluding tert-OH is 2. The van der Waals surface area contributed by atoms with Gasteiger partial charge >= 0.3 is 6.09 Å². The van der Waals surface area contributed by atoms with Crippen molar-refractivity contribution in [2.45, 2.75) is 75.9 Å². The first kappa shape index (κ1) is 48.9. The molecule has 0 aromatic heterocycles. The number of oxime groups is 1. The molecule has 8 rings (SSSR count). The molecule has 5 aromatic rings. The summed E-state index contributed by atoms with van der Waals surface area (Å²) in [6.07, 6.45) is 7.82. The Morgan fingerprint density at radius 3 is 2.33 bits per heavy atom. The van der Waals surface area contributed by atoms with Crippen molar-refractivity contribution in [2.24, 2.45) is 22.9 Å². The highest BCUT2D eigenvalue weighted by Gasteiger charge is 2.65. The van der Waals surface area contributed by atoms with Gasteiger partial charge < -0.3 is 43.6 Å². The van der Waals surface area contributed by atoms with E-state index in [0.717, 1.165) is 53.2 Å². The largest absolute Gasteiger partial charge is 0.459 e. The molecule has 1 fully saturated rings. The summed E-state index contributed by atoms with van der Waals surface area (Å²) < 4.78 is 32.7. The summed E-state index contributed by atoms with van der Waals surface area (Å²) in [5.41, 5.74) is 4.03. The molecule has 0 saturated heterocycles. The number of hydrogen-bond donors (Lipinski definition) is 2. The molecule has 1 amide bonds. The monoisotopic (exact) mass is 939 g/mol. The number of aliphatic hydroxyl groups is 2. The van der Waals surface area contributed by atoms with E-state index >= 15 is 0 Å². The molecule has 1 heterocycles. The summed E-state index contributed by atoms with van der Waals surface area (Å²) in [7, 11) is 1.68. The summed E-state index contributed by atoms with van der Waals surface area (Å²) >= 11 is 0. The zero-order valence-electron chi connectivity index (χ0n) is 39.0. The quantitative estimate of drug-likeness (QED) is 0.0276. The third-order valence-corrected chi connectivity index (χ3v) is 13.5. The lowest BCUT2D eigenvalue weighted by Gasteiger charge is -2.59. The van der Waals surface area contributed by atoms with Crippen LogP contribution >= 0.6 is 0 Å². The van der Waals surface area contributed by atoms with Crippen LogP contribution in [0, 0.1) is 27.9 Å². The molecule has 0 bridgehead atoms. The molecule has 3 aliphatic rings. The van der Waals surface area contributed by atoms with E-state index in [1.165, 1.54) is 17.0 Å². The number of non-ortho nitro benzene ring substituents is 1. The van der Waals surface area contributed by atoms with E-state index in [2.05, 4.69) is 30.9 Å². The van der Waals surface area contributed by atoms with E-state index in [9.17, 15) is 25.1 Å². The Balaban J connectivity index is 1.21. The van der Waals surface area contributed by atoms with Gasteiger partial charge in [-0.05, 0) is 107 Å². The van der Waals surface area contributed by atoms with Gasteiger partial charge in [-0.1, -0.05) is 90.8 Å². The van der Waals surface area contributed by atoms with E-state index in [1.807, 2.05) is 72.8 Å². The van der Waals surface area contributed by atoms with Gasteiger partial charge in [-0.2, -0.15) is 0 Å². The number of allylic oxidation sites excluding steroid dienone is 1. The van der Waals surface area contributed by atoms with E-state index in [4.69, 9.17) is 33.7 Å². The number of likely N-dealkylation sites (N-methyl/N-ethyl adjacent to an activating group) is 1. The van der Waals surface area contributed by atoms with Crippen LogP contribution in [0.3, 0.4) is 0 Å². The van der Waals surface area contributed by atoms with Crippen molar-refractivity contribution in [3.8, 4) is 17.2 Å². The first-order chi connectivity index (χ1) is 33.7. The Kier molecular flexibility index (Phi) is 16.4. The molecular weight excluding hydrogens is 879 g/mol. The molecule has 0 spiro atoms. The second-order valence-corrected chi connectivity index (χ2v) is 17.8. The fraction of sp³-hybridized carbons (Fsp3) is 0.382. The maximum atomic E-state index is 14.3. The van der Waals surface area contributed by atoms with Gasteiger partial charge in [0.05, 0.1) is 36.4 Å². The number of nitro benzene ring substituents is 1. The molecule has 14 nitrogen and oxygen atoms in total. The summed E-state index contributed by atoms with van der Waals surface area (Å²) in [5, 5.41) is 38.4.